The van der Waals surface area contributed by atoms with Gasteiger partial charge in [0.15, 0.2) is 17.5 Å². The Morgan fingerprint density at radius 1 is 0.362 bits per heavy atom. The van der Waals surface area contributed by atoms with Gasteiger partial charge in [0, 0.05) is 44.1 Å². The molecule has 0 fully saturated rings. The molecule has 3 aromatic heterocycles. The summed E-state index contributed by atoms with van der Waals surface area (Å²) in [5, 5.41) is 3.42. The van der Waals surface area contributed by atoms with Crippen LogP contribution >= 0.6 is 0 Å². The Labute approximate surface area is 271 Å². The van der Waals surface area contributed by atoms with Gasteiger partial charge in [-0.2, -0.15) is 0 Å². The van der Waals surface area contributed by atoms with Crippen molar-refractivity contribution in [2.75, 3.05) is 0 Å². The van der Waals surface area contributed by atoms with Crippen LogP contribution in [0.15, 0.2) is 164 Å². The van der Waals surface area contributed by atoms with E-state index < -0.39 is 0 Å². The van der Waals surface area contributed by atoms with Crippen molar-refractivity contribution in [3.63, 3.8) is 0 Å². The van der Waals surface area contributed by atoms with E-state index in [9.17, 15) is 0 Å². The molecule has 0 aliphatic heterocycles. The van der Waals surface area contributed by atoms with Crippen LogP contribution in [0, 0.1) is 0 Å². The maximum absolute atomic E-state index is 5.29. The highest BCUT2D eigenvalue weighted by Crippen LogP contribution is 2.41. The quantitative estimate of drug-likeness (QED) is 0.197. The zero-order chi connectivity index (χ0) is 31.2. The van der Waals surface area contributed by atoms with Crippen molar-refractivity contribution >= 4 is 32.7 Å². The lowest BCUT2D eigenvalue weighted by Crippen LogP contribution is -2.00. The average Bonchev–Trinajstić information content (AvgIpc) is 3.51. The van der Waals surface area contributed by atoms with E-state index in [1.807, 2.05) is 60.7 Å². The van der Waals surface area contributed by atoms with E-state index in [-0.39, 0.29) is 0 Å². The minimum atomic E-state index is 0.626. The van der Waals surface area contributed by atoms with Crippen molar-refractivity contribution in [3.8, 4) is 51.1 Å². The van der Waals surface area contributed by atoms with Crippen LogP contribution in [0.1, 0.15) is 0 Å². The molecular weight excluding hydrogens is 574 g/mol. The number of rotatable bonds is 5. The van der Waals surface area contributed by atoms with Gasteiger partial charge in [-0.3, -0.25) is 0 Å². The van der Waals surface area contributed by atoms with E-state index in [0.717, 1.165) is 61.0 Å². The Balaban J connectivity index is 1.24. The third-order valence-corrected chi connectivity index (χ3v) is 8.63. The number of pyridine rings is 1. The van der Waals surface area contributed by atoms with Crippen LogP contribution in [0.5, 0.6) is 0 Å². The Morgan fingerprint density at radius 2 is 0.830 bits per heavy atom. The van der Waals surface area contributed by atoms with Crippen LogP contribution in [-0.2, 0) is 0 Å². The molecule has 6 aromatic carbocycles. The first kappa shape index (κ1) is 26.9. The van der Waals surface area contributed by atoms with Crippen LogP contribution in [0.2, 0.25) is 0 Å². The van der Waals surface area contributed by atoms with Gasteiger partial charge < -0.3 is 4.57 Å². The number of para-hydroxylation sites is 3. The molecule has 0 amide bonds. The van der Waals surface area contributed by atoms with Gasteiger partial charge in [0.05, 0.1) is 22.2 Å². The largest absolute Gasteiger partial charge is 0.308 e. The van der Waals surface area contributed by atoms with Gasteiger partial charge in [0.2, 0.25) is 0 Å². The van der Waals surface area contributed by atoms with Crippen LogP contribution < -0.4 is 0 Å². The molecule has 0 bridgehead atoms. The van der Waals surface area contributed by atoms with Gasteiger partial charge in [-0.1, -0.05) is 140 Å². The van der Waals surface area contributed by atoms with Crippen molar-refractivity contribution in [1.29, 1.82) is 0 Å². The molecule has 3 heterocycles. The summed E-state index contributed by atoms with van der Waals surface area (Å²) in [5.74, 6) is 1.91. The van der Waals surface area contributed by atoms with E-state index in [1.54, 1.807) is 0 Å². The van der Waals surface area contributed by atoms with Crippen LogP contribution in [0.4, 0.5) is 0 Å². The second kappa shape index (κ2) is 11.2. The molecule has 9 rings (SSSR count). The normalized spacial score (nSPS) is 11.4. The zero-order valence-electron chi connectivity index (χ0n) is 25.3. The van der Waals surface area contributed by atoms with Crippen molar-refractivity contribution in [3.05, 3.63) is 164 Å². The molecule has 0 atom stereocenters. The standard InChI is InChI=1S/C42H27N5/c1-4-14-29(15-5-1)40-44-41(30-16-6-2-7-17-30)46-42(45-40)31-26-24-28(25-27-31)38-37-34-21-11-13-23-36(34)47(32-18-8-3-9-19-32)39(37)33-20-10-12-22-35(33)43-38/h1-27H. The summed E-state index contributed by atoms with van der Waals surface area (Å²) in [6.07, 6.45) is 0. The summed E-state index contributed by atoms with van der Waals surface area (Å²) in [4.78, 5) is 20.0. The number of fused-ring (bicyclic) bond motifs is 5. The molecule has 0 aliphatic carbocycles. The second-order valence-electron chi connectivity index (χ2n) is 11.5. The molecule has 220 valence electrons. The molecule has 0 saturated heterocycles. The molecule has 9 aromatic rings. The van der Waals surface area contributed by atoms with Gasteiger partial charge in [0.1, 0.15) is 0 Å². The first-order valence-corrected chi connectivity index (χ1v) is 15.7. The van der Waals surface area contributed by atoms with Crippen molar-refractivity contribution in [2.24, 2.45) is 0 Å². The SMILES string of the molecule is c1ccc(-c2nc(-c3ccccc3)nc(-c3ccc(-c4nc5ccccc5c5c4c4ccccc4n5-c4ccccc4)cc3)n2)cc1. The fraction of sp³-hybridized carbons (Fsp3) is 0. The summed E-state index contributed by atoms with van der Waals surface area (Å²) < 4.78 is 2.37. The monoisotopic (exact) mass is 601 g/mol. The minimum Gasteiger partial charge on any atom is -0.308 e. The zero-order valence-corrected chi connectivity index (χ0v) is 25.3. The van der Waals surface area contributed by atoms with E-state index in [1.165, 1.54) is 5.39 Å². The van der Waals surface area contributed by atoms with E-state index in [2.05, 4.69) is 108 Å². The molecule has 0 radical (unpaired) electrons. The number of benzene rings is 6. The molecule has 0 N–H and O–H groups in total. The fourth-order valence-corrected chi connectivity index (χ4v) is 6.45. The van der Waals surface area contributed by atoms with Gasteiger partial charge in [-0.15, -0.1) is 0 Å². The summed E-state index contributed by atoms with van der Waals surface area (Å²) in [6, 6.07) is 56.1. The molecule has 0 spiro atoms. The highest BCUT2D eigenvalue weighted by molar-refractivity contribution is 6.22. The summed E-state index contributed by atoms with van der Waals surface area (Å²) in [7, 11) is 0. The first-order chi connectivity index (χ1) is 23.3. The number of aromatic nitrogens is 5. The van der Waals surface area contributed by atoms with Crippen LogP contribution in [-0.4, -0.2) is 24.5 Å². The van der Waals surface area contributed by atoms with E-state index in [0.29, 0.717) is 17.5 Å². The maximum atomic E-state index is 5.29. The molecule has 0 unspecified atom stereocenters. The van der Waals surface area contributed by atoms with Crippen molar-refractivity contribution in [1.82, 2.24) is 24.5 Å². The molecule has 0 saturated carbocycles. The molecule has 0 aliphatic rings. The summed E-state index contributed by atoms with van der Waals surface area (Å²) in [6.45, 7) is 0. The molecule has 5 nitrogen and oxygen atoms in total. The average molecular weight is 602 g/mol. The lowest BCUT2D eigenvalue weighted by molar-refractivity contribution is 1.07. The van der Waals surface area contributed by atoms with Gasteiger partial charge in [0.25, 0.3) is 0 Å². The Morgan fingerprint density at radius 3 is 1.45 bits per heavy atom. The summed E-state index contributed by atoms with van der Waals surface area (Å²) >= 11 is 0. The lowest BCUT2D eigenvalue weighted by Gasteiger charge is -2.12. The maximum Gasteiger partial charge on any atom is 0.164 e. The smallest absolute Gasteiger partial charge is 0.164 e. The van der Waals surface area contributed by atoms with Crippen molar-refractivity contribution in [2.45, 2.75) is 0 Å². The predicted octanol–water partition coefficient (Wildman–Crippen LogP) is 10.2. The minimum absolute atomic E-state index is 0.626. The highest BCUT2D eigenvalue weighted by Gasteiger charge is 2.20. The third kappa shape index (κ3) is 4.64. The molecule has 5 heteroatoms. The van der Waals surface area contributed by atoms with Gasteiger partial charge in [-0.25, -0.2) is 19.9 Å². The Kier molecular flexibility index (Phi) is 6.39. The lowest BCUT2D eigenvalue weighted by atomic mass is 10.0. The van der Waals surface area contributed by atoms with Gasteiger partial charge in [-0.05, 0) is 24.3 Å². The van der Waals surface area contributed by atoms with E-state index >= 15 is 0 Å². The summed E-state index contributed by atoms with van der Waals surface area (Å²) in [5.41, 5.74) is 9.16. The number of nitrogens with zero attached hydrogens (tertiary/aromatic N) is 5. The molecular formula is C42H27N5. The predicted molar refractivity (Wildman–Crippen MR) is 191 cm³/mol. The second-order valence-corrected chi connectivity index (χ2v) is 11.5. The Bertz CT molecular complexity index is 2480. The Hall–Kier alpha value is -6.46. The van der Waals surface area contributed by atoms with E-state index in [4.69, 9.17) is 19.9 Å². The van der Waals surface area contributed by atoms with Crippen molar-refractivity contribution < 1.29 is 0 Å². The topological polar surface area (TPSA) is 56.5 Å². The van der Waals surface area contributed by atoms with Crippen LogP contribution in [0.3, 0.4) is 0 Å². The van der Waals surface area contributed by atoms with Gasteiger partial charge >= 0.3 is 0 Å². The van der Waals surface area contributed by atoms with Crippen LogP contribution in [0.25, 0.3) is 83.8 Å². The molecule has 47 heavy (non-hydrogen) atoms. The number of hydrogen-bond acceptors (Lipinski definition) is 4. The first-order valence-electron chi connectivity index (χ1n) is 15.7. The highest BCUT2D eigenvalue weighted by atomic mass is 15.0. The number of hydrogen-bond donors (Lipinski definition) is 0. The third-order valence-electron chi connectivity index (χ3n) is 8.63. The fourth-order valence-electron chi connectivity index (χ4n) is 6.45.